The fraction of sp³-hybridized carbons (Fsp3) is 0.429. The molecule has 0 aliphatic carbocycles. The molecule has 0 aliphatic heterocycles. The Kier molecular flexibility index (Phi) is 6.02. The molecule has 0 atom stereocenters. The van der Waals surface area contributed by atoms with Crippen molar-refractivity contribution in [2.45, 2.75) is 20.8 Å². The van der Waals surface area contributed by atoms with Crippen LogP contribution in [0.4, 0.5) is 0 Å². The smallest absolute Gasteiger partial charge is 0.257 e. The number of carbonyl (C=O) groups is 2. The second-order valence-corrected chi connectivity index (χ2v) is 5.60. The van der Waals surface area contributed by atoms with E-state index >= 15 is 0 Å². The van der Waals surface area contributed by atoms with Gasteiger partial charge >= 0.3 is 0 Å². The van der Waals surface area contributed by atoms with E-state index < -0.39 is 0 Å². The van der Waals surface area contributed by atoms with Gasteiger partial charge in [0.15, 0.2) is 12.4 Å². The van der Waals surface area contributed by atoms with Crippen LogP contribution in [-0.4, -0.2) is 24.8 Å². The Morgan fingerprint density at radius 2 is 2.05 bits per heavy atom. The van der Waals surface area contributed by atoms with E-state index in [1.165, 1.54) is 6.92 Å². The van der Waals surface area contributed by atoms with Gasteiger partial charge in [-0.15, -0.1) is 0 Å². The molecular formula is C14H18BrNO3. The van der Waals surface area contributed by atoms with E-state index in [4.69, 9.17) is 4.74 Å². The van der Waals surface area contributed by atoms with Gasteiger partial charge in [-0.3, -0.25) is 9.59 Å². The minimum atomic E-state index is -0.192. The highest BCUT2D eigenvalue weighted by molar-refractivity contribution is 9.10. The van der Waals surface area contributed by atoms with Gasteiger partial charge < -0.3 is 10.1 Å². The first-order chi connectivity index (χ1) is 8.90. The molecule has 4 nitrogen and oxygen atoms in total. The molecule has 1 amide bonds. The van der Waals surface area contributed by atoms with Crippen LogP contribution >= 0.6 is 15.9 Å². The van der Waals surface area contributed by atoms with Crippen molar-refractivity contribution >= 4 is 27.6 Å². The maximum atomic E-state index is 11.6. The van der Waals surface area contributed by atoms with Crippen LogP contribution in [0.1, 0.15) is 31.1 Å². The molecule has 0 aliphatic rings. The van der Waals surface area contributed by atoms with Crippen LogP contribution in [0.15, 0.2) is 22.7 Å². The lowest BCUT2D eigenvalue weighted by Gasteiger charge is -2.11. The molecule has 1 aromatic carbocycles. The van der Waals surface area contributed by atoms with Crippen LogP contribution in [0, 0.1) is 5.92 Å². The van der Waals surface area contributed by atoms with Crippen LogP contribution < -0.4 is 10.1 Å². The number of rotatable bonds is 6. The molecule has 0 radical (unpaired) electrons. The van der Waals surface area contributed by atoms with Crippen LogP contribution in [0.3, 0.4) is 0 Å². The Labute approximate surface area is 121 Å². The third-order valence-corrected chi connectivity index (χ3v) is 2.88. The molecule has 0 bridgehead atoms. The highest BCUT2D eigenvalue weighted by atomic mass is 79.9. The molecule has 104 valence electrons. The van der Waals surface area contributed by atoms with E-state index in [1.54, 1.807) is 18.2 Å². The Balaban J connectivity index is 2.64. The molecule has 1 rings (SSSR count). The zero-order chi connectivity index (χ0) is 14.4. The average molecular weight is 328 g/mol. The zero-order valence-corrected chi connectivity index (χ0v) is 12.9. The average Bonchev–Trinajstić information content (AvgIpc) is 2.33. The van der Waals surface area contributed by atoms with Gasteiger partial charge in [-0.1, -0.05) is 29.8 Å². The molecule has 0 spiro atoms. The minimum absolute atomic E-state index is 0.0925. The number of ketones is 1. The van der Waals surface area contributed by atoms with Crippen LogP contribution in [0.5, 0.6) is 5.75 Å². The summed E-state index contributed by atoms with van der Waals surface area (Å²) < 4.78 is 6.21. The second kappa shape index (κ2) is 7.28. The Morgan fingerprint density at radius 1 is 1.37 bits per heavy atom. The van der Waals surface area contributed by atoms with Crippen molar-refractivity contribution in [3.63, 3.8) is 0 Å². The molecule has 1 N–H and O–H groups in total. The standard InChI is InChI=1S/C14H18BrNO3/c1-9(2)7-16-14(18)8-19-13-6-11(15)4-5-12(13)10(3)17/h4-6,9H,7-8H2,1-3H3,(H,16,18). The van der Waals surface area contributed by atoms with Gasteiger partial charge in [-0.25, -0.2) is 0 Å². The van der Waals surface area contributed by atoms with Crippen molar-refractivity contribution in [2.75, 3.05) is 13.2 Å². The summed E-state index contributed by atoms with van der Waals surface area (Å²) in [7, 11) is 0. The van der Waals surface area contributed by atoms with Gasteiger partial charge in [-0.2, -0.15) is 0 Å². The largest absolute Gasteiger partial charge is 0.483 e. The van der Waals surface area contributed by atoms with Crippen molar-refractivity contribution < 1.29 is 14.3 Å². The van der Waals surface area contributed by atoms with Gasteiger partial charge in [0, 0.05) is 11.0 Å². The first kappa shape index (κ1) is 15.7. The predicted molar refractivity (Wildman–Crippen MR) is 77.5 cm³/mol. The number of halogens is 1. The predicted octanol–water partition coefficient (Wildman–Crippen LogP) is 2.80. The number of ether oxygens (including phenoxy) is 1. The van der Waals surface area contributed by atoms with Gasteiger partial charge in [0.05, 0.1) is 5.56 Å². The first-order valence-corrected chi connectivity index (χ1v) is 6.89. The van der Waals surface area contributed by atoms with Crippen molar-refractivity contribution in [1.82, 2.24) is 5.32 Å². The summed E-state index contributed by atoms with van der Waals surface area (Å²) in [5.74, 6) is 0.525. The quantitative estimate of drug-likeness (QED) is 0.817. The number of hydrogen-bond acceptors (Lipinski definition) is 3. The second-order valence-electron chi connectivity index (χ2n) is 4.68. The van der Waals surface area contributed by atoms with E-state index in [0.717, 1.165) is 4.47 Å². The summed E-state index contributed by atoms with van der Waals surface area (Å²) in [6.45, 7) is 6.02. The molecular weight excluding hydrogens is 310 g/mol. The monoisotopic (exact) mass is 327 g/mol. The van der Waals surface area contributed by atoms with Crippen LogP contribution in [0.25, 0.3) is 0 Å². The summed E-state index contributed by atoms with van der Waals surface area (Å²) in [6.07, 6.45) is 0. The maximum absolute atomic E-state index is 11.6. The lowest BCUT2D eigenvalue weighted by Crippen LogP contribution is -2.31. The number of nitrogens with one attached hydrogen (secondary N) is 1. The van der Waals surface area contributed by atoms with Gasteiger partial charge in [0.1, 0.15) is 5.75 Å². The van der Waals surface area contributed by atoms with E-state index in [-0.39, 0.29) is 18.3 Å². The maximum Gasteiger partial charge on any atom is 0.257 e. The number of carbonyl (C=O) groups excluding carboxylic acids is 2. The summed E-state index contributed by atoms with van der Waals surface area (Å²) >= 11 is 3.31. The summed E-state index contributed by atoms with van der Waals surface area (Å²) in [5, 5.41) is 2.76. The Morgan fingerprint density at radius 3 is 2.63 bits per heavy atom. The van der Waals surface area contributed by atoms with Crippen LogP contribution in [0.2, 0.25) is 0 Å². The lowest BCUT2D eigenvalue weighted by atomic mass is 10.1. The van der Waals surface area contributed by atoms with Gasteiger partial charge in [0.2, 0.25) is 0 Å². The molecule has 0 fully saturated rings. The van der Waals surface area contributed by atoms with E-state index in [9.17, 15) is 9.59 Å². The summed E-state index contributed by atoms with van der Waals surface area (Å²) in [4.78, 5) is 23.0. The number of Topliss-reactive ketones (excluding diaryl/α,β-unsaturated/α-hetero) is 1. The van der Waals surface area contributed by atoms with E-state index in [1.807, 2.05) is 13.8 Å². The van der Waals surface area contributed by atoms with E-state index in [2.05, 4.69) is 21.2 Å². The summed E-state index contributed by atoms with van der Waals surface area (Å²) in [5.41, 5.74) is 0.472. The number of benzene rings is 1. The molecule has 5 heteroatoms. The molecule has 0 saturated heterocycles. The van der Waals surface area contributed by atoms with Crippen molar-refractivity contribution in [3.05, 3.63) is 28.2 Å². The molecule has 19 heavy (non-hydrogen) atoms. The lowest BCUT2D eigenvalue weighted by molar-refractivity contribution is -0.123. The minimum Gasteiger partial charge on any atom is -0.483 e. The Hall–Kier alpha value is -1.36. The van der Waals surface area contributed by atoms with Crippen LogP contribution in [-0.2, 0) is 4.79 Å². The molecule has 1 aromatic rings. The van der Waals surface area contributed by atoms with Crippen molar-refractivity contribution in [1.29, 1.82) is 0 Å². The van der Waals surface area contributed by atoms with Gasteiger partial charge in [0.25, 0.3) is 5.91 Å². The molecule has 0 heterocycles. The topological polar surface area (TPSA) is 55.4 Å². The zero-order valence-electron chi connectivity index (χ0n) is 11.3. The highest BCUT2D eigenvalue weighted by Crippen LogP contribution is 2.24. The van der Waals surface area contributed by atoms with Crippen molar-refractivity contribution in [3.8, 4) is 5.75 Å². The number of hydrogen-bond donors (Lipinski definition) is 1. The van der Waals surface area contributed by atoms with E-state index in [0.29, 0.717) is 23.8 Å². The van der Waals surface area contributed by atoms with Gasteiger partial charge in [-0.05, 0) is 31.0 Å². The normalized spacial score (nSPS) is 10.4. The fourth-order valence-corrected chi connectivity index (χ4v) is 1.76. The van der Waals surface area contributed by atoms with Crippen molar-refractivity contribution in [2.24, 2.45) is 5.92 Å². The SMILES string of the molecule is CC(=O)c1ccc(Br)cc1OCC(=O)NCC(C)C. The third-order valence-electron chi connectivity index (χ3n) is 2.39. The third kappa shape index (κ3) is 5.42. The molecule has 0 saturated carbocycles. The summed E-state index contributed by atoms with van der Waals surface area (Å²) in [6, 6.07) is 5.13. The highest BCUT2D eigenvalue weighted by Gasteiger charge is 2.11. The first-order valence-electron chi connectivity index (χ1n) is 6.10. The Bertz CT molecular complexity index is 472. The molecule has 0 aromatic heterocycles. The number of amides is 1. The molecule has 0 unspecified atom stereocenters. The fourth-order valence-electron chi connectivity index (χ4n) is 1.42.